The summed E-state index contributed by atoms with van der Waals surface area (Å²) in [4.78, 5) is 35.1. The molecule has 0 unspecified atom stereocenters. The topological polar surface area (TPSA) is 97.4 Å². The third kappa shape index (κ3) is 6.67. The van der Waals surface area contributed by atoms with Crippen LogP contribution in [0.4, 0.5) is 0 Å². The Balaban J connectivity index is 1.97. The Morgan fingerprint density at radius 1 is 1.00 bits per heavy atom. The second kappa shape index (κ2) is 10.9. The van der Waals surface area contributed by atoms with Crippen LogP contribution in [-0.4, -0.2) is 56.0 Å². The molecule has 8 nitrogen and oxygen atoms in total. The summed E-state index contributed by atoms with van der Waals surface area (Å²) >= 11 is 0. The lowest BCUT2D eigenvalue weighted by Gasteiger charge is -2.42. The summed E-state index contributed by atoms with van der Waals surface area (Å²) < 4.78 is 27.2. The van der Waals surface area contributed by atoms with E-state index in [-0.39, 0.29) is 12.4 Å². The van der Waals surface area contributed by atoms with Crippen molar-refractivity contribution in [2.24, 2.45) is 5.92 Å². The number of rotatable bonds is 8. The van der Waals surface area contributed by atoms with E-state index in [4.69, 9.17) is 23.7 Å². The maximum absolute atomic E-state index is 12.2. The van der Waals surface area contributed by atoms with Gasteiger partial charge in [-0.05, 0) is 30.7 Å². The lowest BCUT2D eigenvalue weighted by atomic mass is 9.92. The highest BCUT2D eigenvalue weighted by Gasteiger charge is 2.46. The van der Waals surface area contributed by atoms with E-state index in [1.54, 1.807) is 39.2 Å². The molecule has 0 bridgehead atoms. The number of ketones is 1. The smallest absolute Gasteiger partial charge is 0.303 e. The van der Waals surface area contributed by atoms with E-state index in [1.165, 1.54) is 19.9 Å². The molecule has 30 heavy (non-hydrogen) atoms. The van der Waals surface area contributed by atoms with Crippen molar-refractivity contribution in [3.63, 3.8) is 0 Å². The molecule has 164 valence electrons. The van der Waals surface area contributed by atoms with Crippen molar-refractivity contribution in [2.75, 3.05) is 13.7 Å². The molecule has 2 rings (SSSR count). The first-order valence-corrected chi connectivity index (χ1v) is 9.67. The van der Waals surface area contributed by atoms with Crippen LogP contribution in [-0.2, 0) is 33.3 Å². The van der Waals surface area contributed by atoms with Crippen molar-refractivity contribution in [3.05, 3.63) is 35.9 Å². The standard InChI is InChI=1S/C22H28O8/c1-13-20(29-15(3)23)21(30-16(4)24)14(2)28-22(13)27-12-18(25)9-6-17-7-10-19(26-5)11-8-17/h6-11,13-14,20-22H,12H2,1-5H3/b9-6+/t13-,14-,20-,21+,22+/m0/s1. The van der Waals surface area contributed by atoms with E-state index in [0.717, 1.165) is 11.3 Å². The van der Waals surface area contributed by atoms with Gasteiger partial charge < -0.3 is 23.7 Å². The van der Waals surface area contributed by atoms with Crippen LogP contribution in [0.5, 0.6) is 5.75 Å². The van der Waals surface area contributed by atoms with Crippen molar-refractivity contribution in [2.45, 2.75) is 52.3 Å². The zero-order valence-corrected chi connectivity index (χ0v) is 17.8. The fraction of sp³-hybridized carbons (Fsp3) is 0.500. The first kappa shape index (κ1) is 23.6. The van der Waals surface area contributed by atoms with Crippen LogP contribution in [0.1, 0.15) is 33.3 Å². The number of methoxy groups -OCH3 is 1. The van der Waals surface area contributed by atoms with Gasteiger partial charge in [0.1, 0.15) is 18.5 Å². The minimum Gasteiger partial charge on any atom is -0.497 e. The number of carbonyl (C=O) groups excluding carboxylic acids is 3. The van der Waals surface area contributed by atoms with Gasteiger partial charge in [-0.3, -0.25) is 14.4 Å². The van der Waals surface area contributed by atoms with Crippen molar-refractivity contribution >= 4 is 23.8 Å². The number of ether oxygens (including phenoxy) is 5. The zero-order chi connectivity index (χ0) is 22.3. The molecule has 0 N–H and O–H groups in total. The molecule has 0 aliphatic carbocycles. The molecular weight excluding hydrogens is 392 g/mol. The Kier molecular flexibility index (Phi) is 8.56. The van der Waals surface area contributed by atoms with Crippen molar-refractivity contribution in [1.29, 1.82) is 0 Å². The van der Waals surface area contributed by atoms with E-state index in [2.05, 4.69) is 0 Å². The first-order valence-electron chi connectivity index (χ1n) is 9.67. The van der Waals surface area contributed by atoms with Gasteiger partial charge in [-0.25, -0.2) is 0 Å². The van der Waals surface area contributed by atoms with Gasteiger partial charge in [0.15, 0.2) is 18.2 Å². The molecule has 1 fully saturated rings. The van der Waals surface area contributed by atoms with Crippen LogP contribution in [0, 0.1) is 5.92 Å². The monoisotopic (exact) mass is 420 g/mol. The summed E-state index contributed by atoms with van der Waals surface area (Å²) in [6.07, 6.45) is 0.220. The van der Waals surface area contributed by atoms with Crippen LogP contribution in [0.15, 0.2) is 30.3 Å². The normalized spacial score (nSPS) is 26.2. The van der Waals surface area contributed by atoms with Crippen LogP contribution in [0.3, 0.4) is 0 Å². The van der Waals surface area contributed by atoms with E-state index in [1.807, 2.05) is 12.1 Å². The molecule has 1 heterocycles. The highest BCUT2D eigenvalue weighted by atomic mass is 16.7. The van der Waals surface area contributed by atoms with Gasteiger partial charge in [0, 0.05) is 19.8 Å². The van der Waals surface area contributed by atoms with Crippen molar-refractivity contribution in [3.8, 4) is 5.75 Å². The minimum absolute atomic E-state index is 0.209. The number of hydrogen-bond donors (Lipinski definition) is 0. The van der Waals surface area contributed by atoms with Crippen LogP contribution in [0.2, 0.25) is 0 Å². The van der Waals surface area contributed by atoms with Gasteiger partial charge >= 0.3 is 11.9 Å². The quantitative estimate of drug-likeness (QED) is 0.468. The maximum atomic E-state index is 12.2. The van der Waals surface area contributed by atoms with E-state index in [0.29, 0.717) is 0 Å². The fourth-order valence-corrected chi connectivity index (χ4v) is 3.16. The summed E-state index contributed by atoms with van der Waals surface area (Å²) in [5.74, 6) is -0.977. The molecule has 0 aromatic heterocycles. The molecule has 8 heteroatoms. The molecule has 1 aromatic rings. The average Bonchev–Trinajstić information content (AvgIpc) is 2.70. The highest BCUT2D eigenvalue weighted by Crippen LogP contribution is 2.31. The molecule has 1 aliphatic heterocycles. The first-order chi connectivity index (χ1) is 14.2. The SMILES string of the molecule is COc1ccc(/C=C/C(=O)CO[C@@H]2O[C@@H](C)[C@@H](OC(C)=O)[C@@H](OC(C)=O)[C@@H]2C)cc1. The number of benzene rings is 1. The van der Waals surface area contributed by atoms with Gasteiger partial charge in [0.25, 0.3) is 0 Å². The Labute approximate surface area is 176 Å². The zero-order valence-electron chi connectivity index (χ0n) is 17.8. The van der Waals surface area contributed by atoms with Gasteiger partial charge in [-0.2, -0.15) is 0 Å². The molecule has 0 spiro atoms. The third-order valence-corrected chi connectivity index (χ3v) is 4.65. The number of carbonyl (C=O) groups is 3. The van der Waals surface area contributed by atoms with E-state index >= 15 is 0 Å². The highest BCUT2D eigenvalue weighted by molar-refractivity contribution is 5.94. The Bertz CT molecular complexity index is 770. The predicted molar refractivity (Wildman–Crippen MR) is 108 cm³/mol. The summed E-state index contributed by atoms with van der Waals surface area (Å²) in [5, 5.41) is 0. The predicted octanol–water partition coefficient (Wildman–Crippen LogP) is 2.54. The van der Waals surface area contributed by atoms with Crippen LogP contribution < -0.4 is 4.74 Å². The Morgan fingerprint density at radius 2 is 1.60 bits per heavy atom. The van der Waals surface area contributed by atoms with Crippen LogP contribution >= 0.6 is 0 Å². The Morgan fingerprint density at radius 3 is 2.17 bits per heavy atom. The maximum Gasteiger partial charge on any atom is 0.303 e. The molecule has 0 saturated carbocycles. The fourth-order valence-electron chi connectivity index (χ4n) is 3.16. The number of esters is 2. The molecule has 1 aromatic carbocycles. The molecule has 5 atom stereocenters. The van der Waals surface area contributed by atoms with Gasteiger partial charge in [0.2, 0.25) is 0 Å². The van der Waals surface area contributed by atoms with Crippen LogP contribution in [0.25, 0.3) is 6.08 Å². The summed E-state index contributed by atoms with van der Waals surface area (Å²) in [5.41, 5.74) is 0.846. The lowest BCUT2D eigenvalue weighted by Crippen LogP contribution is -2.56. The summed E-state index contributed by atoms with van der Waals surface area (Å²) in [6, 6.07) is 7.26. The summed E-state index contributed by atoms with van der Waals surface area (Å²) in [7, 11) is 1.58. The molecular formula is C22H28O8. The minimum atomic E-state index is -0.797. The number of hydrogen-bond acceptors (Lipinski definition) is 8. The van der Waals surface area contributed by atoms with E-state index < -0.39 is 42.5 Å². The lowest BCUT2D eigenvalue weighted by molar-refractivity contribution is -0.277. The molecule has 0 amide bonds. The molecule has 1 aliphatic rings. The molecule has 0 radical (unpaired) electrons. The van der Waals surface area contributed by atoms with Crippen molar-refractivity contribution in [1.82, 2.24) is 0 Å². The Hall–Kier alpha value is -2.71. The van der Waals surface area contributed by atoms with Gasteiger partial charge in [-0.15, -0.1) is 0 Å². The molecule has 1 saturated heterocycles. The van der Waals surface area contributed by atoms with Crippen molar-refractivity contribution < 1.29 is 38.1 Å². The third-order valence-electron chi connectivity index (χ3n) is 4.65. The van der Waals surface area contributed by atoms with Gasteiger partial charge in [0.05, 0.1) is 13.2 Å². The summed E-state index contributed by atoms with van der Waals surface area (Å²) in [6.45, 7) is 5.79. The van der Waals surface area contributed by atoms with E-state index in [9.17, 15) is 14.4 Å². The second-order valence-electron chi connectivity index (χ2n) is 7.10. The largest absolute Gasteiger partial charge is 0.497 e. The average molecular weight is 420 g/mol. The van der Waals surface area contributed by atoms with Gasteiger partial charge in [-0.1, -0.05) is 25.1 Å². The second-order valence-corrected chi connectivity index (χ2v) is 7.10.